The first kappa shape index (κ1) is 14.1. The number of likely N-dealkylation sites (tertiary alicyclic amines) is 1. The van der Waals surface area contributed by atoms with E-state index in [0.29, 0.717) is 32.5 Å². The number of carbonyl (C=O) groups is 2. The van der Waals surface area contributed by atoms with Gasteiger partial charge in [0.2, 0.25) is 5.91 Å². The number of carbonyl (C=O) groups excluding carboxylic acids is 1. The van der Waals surface area contributed by atoms with Crippen LogP contribution in [-0.2, 0) is 22.6 Å². The van der Waals surface area contributed by atoms with E-state index < -0.39 is 11.4 Å². The number of rotatable bonds is 2. The molecule has 2 aliphatic heterocycles. The van der Waals surface area contributed by atoms with E-state index >= 15 is 0 Å². The van der Waals surface area contributed by atoms with Crippen LogP contribution in [0.4, 0.5) is 0 Å². The van der Waals surface area contributed by atoms with Crippen molar-refractivity contribution in [3.63, 3.8) is 0 Å². The highest BCUT2D eigenvalue weighted by Gasteiger charge is 2.43. The zero-order chi connectivity index (χ0) is 15.0. The summed E-state index contributed by atoms with van der Waals surface area (Å²) in [5, 5.41) is 12.5. The van der Waals surface area contributed by atoms with Gasteiger partial charge in [-0.15, -0.1) is 0 Å². The second-order valence-electron chi connectivity index (χ2n) is 6.28. The summed E-state index contributed by atoms with van der Waals surface area (Å²) in [6.07, 6.45) is 1.20. The Balaban J connectivity index is 1.69. The van der Waals surface area contributed by atoms with E-state index in [1.807, 2.05) is 12.1 Å². The third kappa shape index (κ3) is 2.53. The van der Waals surface area contributed by atoms with Crippen molar-refractivity contribution in [3.8, 4) is 0 Å². The zero-order valence-corrected chi connectivity index (χ0v) is 12.1. The monoisotopic (exact) mass is 288 g/mol. The maximum absolute atomic E-state index is 12.6. The number of carboxylic acids is 1. The van der Waals surface area contributed by atoms with Gasteiger partial charge >= 0.3 is 5.97 Å². The summed E-state index contributed by atoms with van der Waals surface area (Å²) >= 11 is 0. The van der Waals surface area contributed by atoms with Crippen molar-refractivity contribution < 1.29 is 14.7 Å². The van der Waals surface area contributed by atoms with Crippen LogP contribution in [0.25, 0.3) is 0 Å². The van der Waals surface area contributed by atoms with E-state index in [4.69, 9.17) is 0 Å². The SMILES string of the molecule is CC1(C(=O)O)CCN(C(=O)C2Cc3ccccc3CN2)C1. The van der Waals surface area contributed by atoms with Crippen LogP contribution in [-0.4, -0.2) is 41.0 Å². The summed E-state index contributed by atoms with van der Waals surface area (Å²) in [6.45, 7) is 3.24. The fraction of sp³-hybridized carbons (Fsp3) is 0.500. The number of carboxylic acid groups (broad SMARTS) is 1. The lowest BCUT2D eigenvalue weighted by Gasteiger charge is -2.29. The molecule has 2 aliphatic rings. The second-order valence-corrected chi connectivity index (χ2v) is 6.28. The van der Waals surface area contributed by atoms with Gasteiger partial charge < -0.3 is 15.3 Å². The van der Waals surface area contributed by atoms with Crippen LogP contribution >= 0.6 is 0 Å². The Kier molecular flexibility index (Phi) is 3.45. The van der Waals surface area contributed by atoms with Crippen LogP contribution in [0.3, 0.4) is 0 Å². The minimum absolute atomic E-state index is 0.0227. The minimum Gasteiger partial charge on any atom is -0.481 e. The molecule has 3 rings (SSSR count). The quantitative estimate of drug-likeness (QED) is 0.852. The van der Waals surface area contributed by atoms with E-state index in [1.54, 1.807) is 11.8 Å². The summed E-state index contributed by atoms with van der Waals surface area (Å²) in [5.41, 5.74) is 1.63. The van der Waals surface area contributed by atoms with Crippen LogP contribution in [0.15, 0.2) is 24.3 Å². The molecule has 2 atom stereocenters. The number of aliphatic carboxylic acids is 1. The van der Waals surface area contributed by atoms with Gasteiger partial charge in [0.25, 0.3) is 0 Å². The number of amides is 1. The molecule has 5 nitrogen and oxygen atoms in total. The van der Waals surface area contributed by atoms with Gasteiger partial charge in [0, 0.05) is 19.6 Å². The molecule has 0 saturated carbocycles. The maximum Gasteiger partial charge on any atom is 0.311 e. The molecule has 1 amide bonds. The lowest BCUT2D eigenvalue weighted by atomic mass is 9.90. The highest BCUT2D eigenvalue weighted by atomic mass is 16.4. The summed E-state index contributed by atoms with van der Waals surface area (Å²) in [5.74, 6) is -0.797. The number of hydrogen-bond donors (Lipinski definition) is 2. The molecule has 1 fully saturated rings. The average Bonchev–Trinajstić information content (AvgIpc) is 2.90. The average molecular weight is 288 g/mol. The van der Waals surface area contributed by atoms with Gasteiger partial charge in [0.15, 0.2) is 0 Å². The van der Waals surface area contributed by atoms with E-state index in [-0.39, 0.29) is 11.9 Å². The standard InChI is InChI=1S/C16H20N2O3/c1-16(15(20)21)6-7-18(10-16)14(19)13-8-11-4-2-3-5-12(11)9-17-13/h2-5,13,17H,6-10H2,1H3,(H,20,21). The Bertz CT molecular complexity index is 587. The molecule has 0 radical (unpaired) electrons. The molecule has 2 N–H and O–H groups in total. The van der Waals surface area contributed by atoms with Crippen molar-refractivity contribution in [2.24, 2.45) is 5.41 Å². The van der Waals surface area contributed by atoms with Crippen LogP contribution in [0.1, 0.15) is 24.5 Å². The smallest absolute Gasteiger partial charge is 0.311 e. The maximum atomic E-state index is 12.6. The van der Waals surface area contributed by atoms with Gasteiger partial charge in [0.05, 0.1) is 11.5 Å². The van der Waals surface area contributed by atoms with Crippen molar-refractivity contribution in [1.82, 2.24) is 10.2 Å². The third-order valence-corrected chi connectivity index (χ3v) is 4.68. The van der Waals surface area contributed by atoms with Gasteiger partial charge in [-0.2, -0.15) is 0 Å². The molecule has 112 valence electrons. The van der Waals surface area contributed by atoms with Gasteiger partial charge in [0.1, 0.15) is 0 Å². The molecule has 1 saturated heterocycles. The normalized spacial score (nSPS) is 28.2. The number of benzene rings is 1. The predicted molar refractivity (Wildman–Crippen MR) is 77.7 cm³/mol. The highest BCUT2D eigenvalue weighted by Crippen LogP contribution is 2.31. The zero-order valence-electron chi connectivity index (χ0n) is 12.1. The molecule has 5 heteroatoms. The van der Waals surface area contributed by atoms with Crippen LogP contribution in [0.2, 0.25) is 0 Å². The van der Waals surface area contributed by atoms with Crippen LogP contribution in [0.5, 0.6) is 0 Å². The molecule has 21 heavy (non-hydrogen) atoms. The van der Waals surface area contributed by atoms with Crippen molar-refractivity contribution in [2.45, 2.75) is 32.4 Å². The Labute approximate surface area is 123 Å². The lowest BCUT2D eigenvalue weighted by molar-refractivity contribution is -0.147. The molecule has 2 unspecified atom stereocenters. The van der Waals surface area contributed by atoms with Crippen molar-refractivity contribution in [1.29, 1.82) is 0 Å². The van der Waals surface area contributed by atoms with Gasteiger partial charge in [-0.25, -0.2) is 0 Å². The Hall–Kier alpha value is -1.88. The lowest BCUT2D eigenvalue weighted by Crippen LogP contribution is -2.49. The number of fused-ring (bicyclic) bond motifs is 1. The molecule has 1 aromatic carbocycles. The van der Waals surface area contributed by atoms with E-state index in [0.717, 1.165) is 0 Å². The summed E-state index contributed by atoms with van der Waals surface area (Å²) in [6, 6.07) is 7.88. The Morgan fingerprint density at radius 3 is 2.71 bits per heavy atom. The molecular formula is C16H20N2O3. The fourth-order valence-electron chi connectivity index (χ4n) is 3.17. The molecule has 0 aliphatic carbocycles. The first-order valence-electron chi connectivity index (χ1n) is 7.32. The molecule has 0 bridgehead atoms. The highest BCUT2D eigenvalue weighted by molar-refractivity contribution is 5.84. The van der Waals surface area contributed by atoms with Crippen LogP contribution in [0, 0.1) is 5.41 Å². The summed E-state index contributed by atoms with van der Waals surface area (Å²) < 4.78 is 0. The van der Waals surface area contributed by atoms with Crippen molar-refractivity contribution in [3.05, 3.63) is 35.4 Å². The van der Waals surface area contributed by atoms with Crippen molar-refractivity contribution in [2.75, 3.05) is 13.1 Å². The minimum atomic E-state index is -0.820. The number of nitrogens with zero attached hydrogens (tertiary/aromatic N) is 1. The third-order valence-electron chi connectivity index (χ3n) is 4.68. The molecular weight excluding hydrogens is 268 g/mol. The molecule has 0 aromatic heterocycles. The molecule has 2 heterocycles. The van der Waals surface area contributed by atoms with E-state index in [2.05, 4.69) is 17.4 Å². The van der Waals surface area contributed by atoms with Gasteiger partial charge in [-0.1, -0.05) is 24.3 Å². The fourth-order valence-corrected chi connectivity index (χ4v) is 3.17. The summed E-state index contributed by atoms with van der Waals surface area (Å²) in [4.78, 5) is 25.6. The predicted octanol–water partition coefficient (Wildman–Crippen LogP) is 1.02. The first-order valence-corrected chi connectivity index (χ1v) is 7.32. The number of nitrogens with one attached hydrogen (secondary N) is 1. The second kappa shape index (κ2) is 5.15. The Morgan fingerprint density at radius 2 is 2.05 bits per heavy atom. The molecule has 0 spiro atoms. The topological polar surface area (TPSA) is 69.6 Å². The van der Waals surface area contributed by atoms with E-state index in [9.17, 15) is 14.7 Å². The first-order chi connectivity index (χ1) is 9.99. The molecule has 1 aromatic rings. The number of hydrogen-bond acceptors (Lipinski definition) is 3. The Morgan fingerprint density at radius 1 is 1.33 bits per heavy atom. The van der Waals surface area contributed by atoms with Gasteiger partial charge in [-0.05, 0) is 30.9 Å². The largest absolute Gasteiger partial charge is 0.481 e. The summed E-state index contributed by atoms with van der Waals surface area (Å²) in [7, 11) is 0. The van der Waals surface area contributed by atoms with E-state index in [1.165, 1.54) is 11.1 Å². The van der Waals surface area contributed by atoms with Gasteiger partial charge in [-0.3, -0.25) is 9.59 Å². The van der Waals surface area contributed by atoms with Crippen LogP contribution < -0.4 is 5.32 Å². The van der Waals surface area contributed by atoms with Crippen molar-refractivity contribution >= 4 is 11.9 Å².